The van der Waals surface area contributed by atoms with Crippen LogP contribution in [0.15, 0.2) is 54.2 Å². The number of amides is 2. The van der Waals surface area contributed by atoms with E-state index in [9.17, 15) is 22.8 Å². The van der Waals surface area contributed by atoms with E-state index in [2.05, 4.69) is 0 Å². The van der Waals surface area contributed by atoms with E-state index in [0.717, 1.165) is 29.5 Å². The van der Waals surface area contributed by atoms with Gasteiger partial charge in [-0.1, -0.05) is 12.1 Å². The highest BCUT2D eigenvalue weighted by atomic mass is 19.4. The van der Waals surface area contributed by atoms with Gasteiger partial charge in [0.15, 0.2) is 0 Å². The molecule has 0 fully saturated rings. The maximum absolute atomic E-state index is 12.7. The first-order valence-electron chi connectivity index (χ1n) is 9.13. The number of rotatable bonds is 5. The van der Waals surface area contributed by atoms with Gasteiger partial charge in [-0.25, -0.2) is 0 Å². The summed E-state index contributed by atoms with van der Waals surface area (Å²) in [5.41, 5.74) is 11.6. The Bertz CT molecular complexity index is 985. The van der Waals surface area contributed by atoms with Crippen molar-refractivity contribution in [2.24, 2.45) is 11.5 Å². The van der Waals surface area contributed by atoms with Gasteiger partial charge in [-0.3, -0.25) is 9.59 Å². The lowest BCUT2D eigenvalue weighted by Gasteiger charge is -2.30. The zero-order chi connectivity index (χ0) is 21.9. The topological polar surface area (TPSA) is 98.7 Å². The molecule has 0 radical (unpaired) electrons. The third-order valence-corrected chi connectivity index (χ3v) is 4.84. The minimum Gasteiger partial charge on any atom is -0.457 e. The number of benzene rings is 2. The first-order chi connectivity index (χ1) is 14.2. The summed E-state index contributed by atoms with van der Waals surface area (Å²) in [6.07, 6.45) is -3.05. The molecule has 1 heterocycles. The normalized spacial score (nSPS) is 14.2. The van der Waals surface area contributed by atoms with E-state index in [-0.39, 0.29) is 23.7 Å². The summed E-state index contributed by atoms with van der Waals surface area (Å²) >= 11 is 0. The first-order valence-corrected chi connectivity index (χ1v) is 9.13. The van der Waals surface area contributed by atoms with Crippen LogP contribution in [0.2, 0.25) is 0 Å². The average Bonchev–Trinajstić information content (AvgIpc) is 2.71. The Balaban J connectivity index is 1.73. The van der Waals surface area contributed by atoms with Gasteiger partial charge in [-0.05, 0) is 42.3 Å². The van der Waals surface area contributed by atoms with E-state index < -0.39 is 17.6 Å². The molecular formula is C21H20F3N3O3. The number of ether oxygens (including phenoxy) is 1. The van der Waals surface area contributed by atoms with Crippen LogP contribution in [0.1, 0.15) is 23.1 Å². The summed E-state index contributed by atoms with van der Waals surface area (Å²) in [4.78, 5) is 25.3. The van der Waals surface area contributed by atoms with Crippen molar-refractivity contribution in [3.8, 4) is 11.5 Å². The molecule has 3 rings (SSSR count). The summed E-state index contributed by atoms with van der Waals surface area (Å²) < 4.78 is 43.9. The molecule has 0 atom stereocenters. The second-order valence-electron chi connectivity index (χ2n) is 6.82. The largest absolute Gasteiger partial charge is 0.457 e. The van der Waals surface area contributed by atoms with Crippen molar-refractivity contribution in [1.29, 1.82) is 0 Å². The summed E-state index contributed by atoms with van der Waals surface area (Å²) in [6.45, 7) is 0.713. The monoisotopic (exact) mass is 419 g/mol. The van der Waals surface area contributed by atoms with Gasteiger partial charge in [0.05, 0.1) is 12.0 Å². The number of halogens is 3. The molecule has 0 spiro atoms. The minimum absolute atomic E-state index is 0.0465. The Labute approximate surface area is 170 Å². The number of carbonyl (C=O) groups excluding carboxylic acids is 2. The van der Waals surface area contributed by atoms with Crippen LogP contribution in [-0.4, -0.2) is 23.3 Å². The Kier molecular flexibility index (Phi) is 6.00. The number of nitrogens with two attached hydrogens (primary N) is 2. The van der Waals surface area contributed by atoms with Crippen LogP contribution < -0.4 is 16.2 Å². The second kappa shape index (κ2) is 8.48. The molecular weight excluding hydrogens is 399 g/mol. The molecule has 2 aromatic carbocycles. The van der Waals surface area contributed by atoms with Gasteiger partial charge in [0, 0.05) is 30.4 Å². The fourth-order valence-electron chi connectivity index (χ4n) is 3.22. The third-order valence-electron chi connectivity index (χ3n) is 4.84. The standard InChI is InChI=1S/C21H20F3N3O3/c22-21(23,24)15-4-6-16(7-5-15)30-18-3-1-2-13-12-27(9-8-17(13)18)19(28)10-14(11-25)20(26)29/h1-7,11H,8-10,12,25H2,(H2,26,29)/b14-11-. The smallest absolute Gasteiger partial charge is 0.416 e. The second-order valence-corrected chi connectivity index (χ2v) is 6.82. The molecule has 0 aliphatic carbocycles. The number of primary amides is 1. The Morgan fingerprint density at radius 3 is 2.43 bits per heavy atom. The lowest BCUT2D eigenvalue weighted by molar-refractivity contribution is -0.137. The highest BCUT2D eigenvalue weighted by molar-refractivity contribution is 5.97. The van der Waals surface area contributed by atoms with Gasteiger partial charge < -0.3 is 21.1 Å². The van der Waals surface area contributed by atoms with Crippen LogP contribution in [0, 0.1) is 0 Å². The highest BCUT2D eigenvalue weighted by Gasteiger charge is 2.30. The molecule has 9 heteroatoms. The van der Waals surface area contributed by atoms with Crippen LogP contribution in [0.4, 0.5) is 13.2 Å². The van der Waals surface area contributed by atoms with Gasteiger partial charge in [-0.2, -0.15) is 13.2 Å². The van der Waals surface area contributed by atoms with Gasteiger partial charge in [0.2, 0.25) is 11.8 Å². The van der Waals surface area contributed by atoms with Crippen molar-refractivity contribution in [2.45, 2.75) is 25.6 Å². The van der Waals surface area contributed by atoms with Gasteiger partial charge >= 0.3 is 6.18 Å². The minimum atomic E-state index is -4.41. The van der Waals surface area contributed by atoms with E-state index in [4.69, 9.17) is 16.2 Å². The number of carbonyl (C=O) groups is 2. The van der Waals surface area contributed by atoms with Crippen LogP contribution in [-0.2, 0) is 28.7 Å². The van der Waals surface area contributed by atoms with Crippen molar-refractivity contribution in [2.75, 3.05) is 6.54 Å². The molecule has 0 saturated carbocycles. The fourth-order valence-corrected chi connectivity index (χ4v) is 3.22. The molecule has 0 aromatic heterocycles. The Hall–Kier alpha value is -3.49. The predicted molar refractivity (Wildman–Crippen MR) is 103 cm³/mol. The van der Waals surface area contributed by atoms with Crippen molar-refractivity contribution in [1.82, 2.24) is 4.90 Å². The fraction of sp³-hybridized carbons (Fsp3) is 0.238. The lowest BCUT2D eigenvalue weighted by Crippen LogP contribution is -2.37. The van der Waals surface area contributed by atoms with E-state index in [1.54, 1.807) is 17.0 Å². The molecule has 0 unspecified atom stereocenters. The third kappa shape index (κ3) is 4.73. The van der Waals surface area contributed by atoms with Crippen LogP contribution >= 0.6 is 0 Å². The number of fused-ring (bicyclic) bond motifs is 1. The number of hydrogen-bond donors (Lipinski definition) is 2. The molecule has 158 valence electrons. The van der Waals surface area contributed by atoms with Gasteiger partial charge in [0.25, 0.3) is 0 Å². The lowest BCUT2D eigenvalue weighted by atomic mass is 9.98. The molecule has 0 saturated heterocycles. The summed E-state index contributed by atoms with van der Waals surface area (Å²) in [5.74, 6) is -0.200. The maximum atomic E-state index is 12.7. The highest BCUT2D eigenvalue weighted by Crippen LogP contribution is 2.34. The van der Waals surface area contributed by atoms with E-state index >= 15 is 0 Å². The van der Waals surface area contributed by atoms with Crippen LogP contribution in [0.3, 0.4) is 0 Å². The number of hydrogen-bond acceptors (Lipinski definition) is 4. The first kappa shape index (κ1) is 21.2. The molecule has 2 amide bonds. The molecule has 1 aliphatic heterocycles. The van der Waals surface area contributed by atoms with Crippen LogP contribution in [0.25, 0.3) is 0 Å². The Morgan fingerprint density at radius 2 is 1.83 bits per heavy atom. The number of nitrogens with zero attached hydrogens (tertiary/aromatic N) is 1. The van der Waals surface area contributed by atoms with Crippen molar-refractivity contribution < 1.29 is 27.5 Å². The number of alkyl halides is 3. The summed E-state index contributed by atoms with van der Waals surface area (Å²) in [7, 11) is 0. The summed E-state index contributed by atoms with van der Waals surface area (Å²) in [5, 5.41) is 0. The zero-order valence-corrected chi connectivity index (χ0v) is 15.9. The molecule has 6 nitrogen and oxygen atoms in total. The molecule has 2 aromatic rings. The van der Waals surface area contributed by atoms with Crippen molar-refractivity contribution >= 4 is 11.8 Å². The van der Waals surface area contributed by atoms with E-state index in [0.29, 0.717) is 25.3 Å². The molecule has 4 N–H and O–H groups in total. The van der Waals surface area contributed by atoms with E-state index in [1.807, 2.05) is 6.07 Å². The van der Waals surface area contributed by atoms with Crippen LogP contribution in [0.5, 0.6) is 11.5 Å². The zero-order valence-electron chi connectivity index (χ0n) is 15.9. The molecule has 1 aliphatic rings. The summed E-state index contributed by atoms with van der Waals surface area (Å²) in [6, 6.07) is 9.80. The maximum Gasteiger partial charge on any atom is 0.416 e. The van der Waals surface area contributed by atoms with Gasteiger partial charge in [-0.15, -0.1) is 0 Å². The van der Waals surface area contributed by atoms with Crippen molar-refractivity contribution in [3.05, 3.63) is 70.9 Å². The molecule has 30 heavy (non-hydrogen) atoms. The SMILES string of the molecule is N/C=C(/CC(=O)N1CCc2c(cccc2Oc2ccc(C(F)(F)F)cc2)C1)C(N)=O. The van der Waals surface area contributed by atoms with Gasteiger partial charge in [0.1, 0.15) is 11.5 Å². The molecule has 0 bridgehead atoms. The Morgan fingerprint density at radius 1 is 1.13 bits per heavy atom. The van der Waals surface area contributed by atoms with E-state index in [1.165, 1.54) is 12.1 Å². The predicted octanol–water partition coefficient (Wildman–Crippen LogP) is 3.10. The quantitative estimate of drug-likeness (QED) is 0.728. The average molecular weight is 419 g/mol. The van der Waals surface area contributed by atoms with Crippen molar-refractivity contribution in [3.63, 3.8) is 0 Å².